The van der Waals surface area contributed by atoms with Crippen molar-refractivity contribution in [2.45, 2.75) is 26.7 Å². The lowest BCUT2D eigenvalue weighted by Gasteiger charge is -2.11. The van der Waals surface area contributed by atoms with Gasteiger partial charge in [-0.2, -0.15) is 0 Å². The maximum atomic E-state index is 12.3. The maximum absolute atomic E-state index is 12.3. The van der Waals surface area contributed by atoms with Crippen LogP contribution < -0.4 is 16.0 Å². The van der Waals surface area contributed by atoms with Crippen LogP contribution in [0.4, 0.5) is 5.69 Å². The van der Waals surface area contributed by atoms with Gasteiger partial charge in [-0.1, -0.05) is 26.0 Å². The smallest absolute Gasteiger partial charge is 0.257 e. The van der Waals surface area contributed by atoms with Crippen molar-refractivity contribution in [1.29, 1.82) is 0 Å². The normalized spacial score (nSPS) is 10.3. The number of thiocarbonyl (C=S) groups is 1. The first-order chi connectivity index (χ1) is 12.4. The topological polar surface area (TPSA) is 70.2 Å². The van der Waals surface area contributed by atoms with Gasteiger partial charge in [0.15, 0.2) is 5.11 Å². The lowest BCUT2D eigenvalue weighted by molar-refractivity contribution is 0.0953. The number of hydrogen-bond donors (Lipinski definition) is 3. The van der Waals surface area contributed by atoms with E-state index in [0.29, 0.717) is 29.3 Å². The van der Waals surface area contributed by atoms with Crippen molar-refractivity contribution >= 4 is 34.8 Å². The highest BCUT2D eigenvalue weighted by Crippen LogP contribution is 2.15. The molecule has 0 saturated carbocycles. The summed E-state index contributed by atoms with van der Waals surface area (Å²) in [5.41, 5.74) is 2.98. The third kappa shape index (κ3) is 5.39. The molecule has 5 nitrogen and oxygen atoms in total. The van der Waals surface area contributed by atoms with E-state index in [9.17, 15) is 9.59 Å². The fourth-order valence-corrected chi connectivity index (χ4v) is 2.54. The monoisotopic (exact) mass is 369 g/mol. The SMILES string of the molecule is CCNC(=O)c1ccc(NC(=S)NC(=O)c2ccc(C(C)C)cc2)cc1. The van der Waals surface area contributed by atoms with Crippen molar-refractivity contribution in [2.24, 2.45) is 0 Å². The number of rotatable bonds is 5. The summed E-state index contributed by atoms with van der Waals surface area (Å²) in [4.78, 5) is 24.0. The average molecular weight is 369 g/mol. The van der Waals surface area contributed by atoms with Gasteiger partial charge in [0.05, 0.1) is 0 Å². The molecule has 0 fully saturated rings. The Balaban J connectivity index is 1.93. The fourth-order valence-electron chi connectivity index (χ4n) is 2.32. The van der Waals surface area contributed by atoms with Gasteiger partial charge in [-0.25, -0.2) is 0 Å². The second-order valence-electron chi connectivity index (χ2n) is 6.12. The van der Waals surface area contributed by atoms with Crippen molar-refractivity contribution in [3.05, 3.63) is 65.2 Å². The molecule has 0 bridgehead atoms. The predicted molar refractivity (Wildman–Crippen MR) is 109 cm³/mol. The molecule has 0 aliphatic heterocycles. The predicted octanol–water partition coefficient (Wildman–Crippen LogP) is 3.69. The third-order valence-corrected chi connectivity index (χ3v) is 4.01. The number of amides is 2. The van der Waals surface area contributed by atoms with E-state index < -0.39 is 0 Å². The molecule has 0 aliphatic carbocycles. The highest BCUT2D eigenvalue weighted by Gasteiger charge is 2.09. The lowest BCUT2D eigenvalue weighted by Crippen LogP contribution is -2.34. The molecule has 6 heteroatoms. The quantitative estimate of drug-likeness (QED) is 0.703. The molecule has 0 heterocycles. The molecule has 2 amide bonds. The molecule has 0 saturated heterocycles. The molecule has 0 aliphatic rings. The summed E-state index contributed by atoms with van der Waals surface area (Å²) in [7, 11) is 0. The van der Waals surface area contributed by atoms with Crippen molar-refractivity contribution in [3.63, 3.8) is 0 Å². The molecule has 0 radical (unpaired) electrons. The zero-order valence-electron chi connectivity index (χ0n) is 15.1. The minimum Gasteiger partial charge on any atom is -0.352 e. The summed E-state index contributed by atoms with van der Waals surface area (Å²) in [6.45, 7) is 6.65. The summed E-state index contributed by atoms with van der Waals surface area (Å²) in [6, 6.07) is 14.3. The second-order valence-corrected chi connectivity index (χ2v) is 6.53. The average Bonchev–Trinajstić information content (AvgIpc) is 2.62. The van der Waals surface area contributed by atoms with Crippen LogP contribution >= 0.6 is 12.2 Å². The van der Waals surface area contributed by atoms with Crippen LogP contribution in [0.2, 0.25) is 0 Å². The van der Waals surface area contributed by atoms with Crippen molar-refractivity contribution in [3.8, 4) is 0 Å². The molecule has 26 heavy (non-hydrogen) atoms. The zero-order chi connectivity index (χ0) is 19.1. The second kappa shape index (κ2) is 9.10. The van der Waals surface area contributed by atoms with Gasteiger partial charge in [0.25, 0.3) is 11.8 Å². The number of nitrogens with one attached hydrogen (secondary N) is 3. The van der Waals surface area contributed by atoms with Gasteiger partial charge in [-0.05, 0) is 67.0 Å². The first-order valence-electron chi connectivity index (χ1n) is 8.51. The van der Waals surface area contributed by atoms with E-state index in [1.165, 1.54) is 5.56 Å². The molecule has 0 unspecified atom stereocenters. The van der Waals surface area contributed by atoms with Crippen LogP contribution in [-0.2, 0) is 0 Å². The van der Waals surface area contributed by atoms with Crippen LogP contribution in [0.1, 0.15) is 53.0 Å². The van der Waals surface area contributed by atoms with Crippen molar-refractivity contribution in [1.82, 2.24) is 10.6 Å². The van der Waals surface area contributed by atoms with Gasteiger partial charge < -0.3 is 10.6 Å². The van der Waals surface area contributed by atoms with E-state index in [1.807, 2.05) is 19.1 Å². The Morgan fingerprint density at radius 1 is 0.923 bits per heavy atom. The zero-order valence-corrected chi connectivity index (χ0v) is 15.9. The first-order valence-corrected chi connectivity index (χ1v) is 8.92. The molecule has 0 atom stereocenters. The number of carbonyl (C=O) groups excluding carboxylic acids is 2. The molecule has 2 rings (SSSR count). The van der Waals surface area contributed by atoms with E-state index in [2.05, 4.69) is 29.8 Å². The number of anilines is 1. The van der Waals surface area contributed by atoms with Gasteiger partial charge in [0, 0.05) is 23.4 Å². The largest absolute Gasteiger partial charge is 0.352 e. The van der Waals surface area contributed by atoms with Gasteiger partial charge >= 0.3 is 0 Å². The number of benzene rings is 2. The maximum Gasteiger partial charge on any atom is 0.257 e. The number of carbonyl (C=O) groups is 2. The Morgan fingerprint density at radius 3 is 2.00 bits per heavy atom. The standard InChI is InChI=1S/C20H23N3O2S/c1-4-21-18(24)15-9-11-17(12-10-15)22-20(26)23-19(25)16-7-5-14(6-8-16)13(2)3/h5-13H,4H2,1-3H3,(H,21,24)(H2,22,23,25,26). The van der Waals surface area contributed by atoms with Crippen LogP contribution in [0.25, 0.3) is 0 Å². The summed E-state index contributed by atoms with van der Waals surface area (Å²) < 4.78 is 0. The number of hydrogen-bond acceptors (Lipinski definition) is 3. The Hall–Kier alpha value is -2.73. The fraction of sp³-hybridized carbons (Fsp3) is 0.250. The first kappa shape index (κ1) is 19.6. The Kier molecular flexibility index (Phi) is 6.86. The third-order valence-electron chi connectivity index (χ3n) is 3.81. The summed E-state index contributed by atoms with van der Waals surface area (Å²) in [6.07, 6.45) is 0. The van der Waals surface area contributed by atoms with E-state index in [1.54, 1.807) is 36.4 Å². The van der Waals surface area contributed by atoms with Gasteiger partial charge in [0.1, 0.15) is 0 Å². The molecular weight excluding hydrogens is 346 g/mol. The molecule has 136 valence electrons. The van der Waals surface area contributed by atoms with Gasteiger partial charge in [-0.15, -0.1) is 0 Å². The van der Waals surface area contributed by atoms with Crippen LogP contribution in [-0.4, -0.2) is 23.5 Å². The van der Waals surface area contributed by atoms with Gasteiger partial charge in [0.2, 0.25) is 0 Å². The molecule has 2 aromatic carbocycles. The van der Waals surface area contributed by atoms with E-state index in [-0.39, 0.29) is 16.9 Å². The minimum absolute atomic E-state index is 0.125. The summed E-state index contributed by atoms with van der Waals surface area (Å²) in [5, 5.41) is 8.53. The lowest BCUT2D eigenvalue weighted by atomic mass is 10.0. The highest BCUT2D eigenvalue weighted by atomic mass is 32.1. The Labute approximate surface area is 159 Å². The molecule has 3 N–H and O–H groups in total. The van der Waals surface area contributed by atoms with Gasteiger partial charge in [-0.3, -0.25) is 14.9 Å². The van der Waals surface area contributed by atoms with E-state index in [4.69, 9.17) is 12.2 Å². The van der Waals surface area contributed by atoms with Crippen LogP contribution in [0.3, 0.4) is 0 Å². The van der Waals surface area contributed by atoms with Crippen LogP contribution in [0, 0.1) is 0 Å². The minimum atomic E-state index is -0.267. The van der Waals surface area contributed by atoms with E-state index in [0.717, 1.165) is 0 Å². The summed E-state index contributed by atoms with van der Waals surface area (Å²) >= 11 is 5.18. The van der Waals surface area contributed by atoms with Crippen LogP contribution in [0.15, 0.2) is 48.5 Å². The highest BCUT2D eigenvalue weighted by molar-refractivity contribution is 7.80. The molecule has 0 aromatic heterocycles. The van der Waals surface area contributed by atoms with Crippen LogP contribution in [0.5, 0.6) is 0 Å². The summed E-state index contributed by atoms with van der Waals surface area (Å²) in [5.74, 6) is 0.0220. The molecular formula is C20H23N3O2S. The molecule has 2 aromatic rings. The van der Waals surface area contributed by atoms with Crippen molar-refractivity contribution in [2.75, 3.05) is 11.9 Å². The Bertz CT molecular complexity index is 784. The van der Waals surface area contributed by atoms with E-state index >= 15 is 0 Å². The Morgan fingerprint density at radius 2 is 1.46 bits per heavy atom. The molecule has 0 spiro atoms. The van der Waals surface area contributed by atoms with Crippen molar-refractivity contribution < 1.29 is 9.59 Å².